The number of nitrogens with zero attached hydrogens (tertiary/aromatic N) is 5. The maximum absolute atomic E-state index is 12.4. The van der Waals surface area contributed by atoms with E-state index in [2.05, 4.69) is 25.7 Å². The first-order valence-corrected chi connectivity index (χ1v) is 31.1. The van der Waals surface area contributed by atoms with Crippen molar-refractivity contribution in [1.82, 2.24) is 16.0 Å². The molecule has 14 N–H and O–H groups in total. The number of rotatable bonds is 26. The van der Waals surface area contributed by atoms with Gasteiger partial charge in [-0.05, 0) is 138 Å². The average molecular weight is 1460 g/mol. The summed E-state index contributed by atoms with van der Waals surface area (Å²) in [5.41, 5.74) is 34.5. The number of hydrogen-bond acceptors (Lipinski definition) is 27. The van der Waals surface area contributed by atoms with Crippen molar-refractivity contribution < 1.29 is 86.7 Å². The molecule has 552 valence electrons. The van der Waals surface area contributed by atoms with Gasteiger partial charge in [-0.15, -0.1) is 5.26 Å². The van der Waals surface area contributed by atoms with E-state index >= 15 is 0 Å². The molecule has 8 aromatic carbocycles. The van der Waals surface area contributed by atoms with Gasteiger partial charge in [-0.25, -0.2) is 19.2 Å². The third kappa shape index (κ3) is 29.1. The molecule has 34 heteroatoms. The van der Waals surface area contributed by atoms with Gasteiger partial charge in [-0.3, -0.25) is 54.3 Å². The molecule has 0 aliphatic heterocycles. The summed E-state index contributed by atoms with van der Waals surface area (Å²) in [6.45, 7) is 0. The fourth-order valence-corrected chi connectivity index (χ4v) is 8.94. The van der Waals surface area contributed by atoms with Crippen LogP contribution in [0.4, 0.5) is 39.8 Å². The summed E-state index contributed by atoms with van der Waals surface area (Å²) in [4.78, 5) is 138. The zero-order chi connectivity index (χ0) is 78.4. The van der Waals surface area contributed by atoms with E-state index in [4.69, 9.17) is 58.0 Å². The summed E-state index contributed by atoms with van der Waals surface area (Å²) in [6.07, 6.45) is 4.17. The first-order valence-electron chi connectivity index (χ1n) is 31.1. The zero-order valence-electron chi connectivity index (χ0n) is 57.1. The number of nitriles is 1. The average Bonchev–Trinajstić information content (AvgIpc) is 0.897. The van der Waals surface area contributed by atoms with E-state index in [-0.39, 0.29) is 47.8 Å². The fourth-order valence-electron chi connectivity index (χ4n) is 8.94. The second-order valence-electron chi connectivity index (χ2n) is 22.1. The SMILES string of the molecule is COC(=O)C(Cc1ccc(N)cc1)NC(=O)c1ccc(N)cc1.COC(=O)C(Cc1ccc(N)cc1)NC(=O)c1ccc([N+](=O)[O-])cc1.COC(=O)C(Cc1ccc(OC#N)cc1)NC(=O)c1ccc(N=C=O)cc1.COC(=O)C(N)Cc1ccc([N+](=O)[O-])cc1.NC(Cc1ccc([N+](=O)[O-])cc1)C(=O)O. The number of nitrogens with two attached hydrogens (primary N) is 5. The van der Waals surface area contributed by atoms with Gasteiger partial charge in [0, 0.05) is 89.4 Å². The van der Waals surface area contributed by atoms with Crippen molar-refractivity contribution in [2.45, 2.75) is 62.3 Å². The summed E-state index contributed by atoms with van der Waals surface area (Å²) in [5, 5.41) is 56.3. The Bertz CT molecular complexity index is 4390. The Morgan fingerprint density at radius 1 is 0.425 bits per heavy atom. The Hall–Kier alpha value is -14.3. The van der Waals surface area contributed by atoms with Crippen LogP contribution >= 0.6 is 0 Å². The van der Waals surface area contributed by atoms with E-state index in [1.165, 1.54) is 119 Å². The molecule has 8 rings (SSSR count). The number of nitrogen functional groups attached to an aromatic ring is 3. The maximum atomic E-state index is 12.4. The molecule has 0 heterocycles. The number of anilines is 3. The predicted octanol–water partition coefficient (Wildman–Crippen LogP) is 6.27. The minimum atomic E-state index is -1.09. The lowest BCUT2D eigenvalue weighted by molar-refractivity contribution is -0.385. The lowest BCUT2D eigenvalue weighted by Gasteiger charge is -2.17. The normalized spacial score (nSPS) is 11.4. The number of carboxylic acids is 1. The highest BCUT2D eigenvalue weighted by molar-refractivity contribution is 5.98. The molecule has 0 fully saturated rings. The first kappa shape index (κ1) is 84.1. The van der Waals surface area contributed by atoms with Gasteiger partial charge in [0.15, 0.2) is 0 Å². The molecule has 0 aliphatic rings. The summed E-state index contributed by atoms with van der Waals surface area (Å²) in [7, 11) is 5.01. The van der Waals surface area contributed by atoms with Gasteiger partial charge in [0.2, 0.25) is 6.08 Å². The lowest BCUT2D eigenvalue weighted by atomic mass is 10.0. The minimum absolute atomic E-state index is 0.00962. The molecule has 0 spiro atoms. The number of aliphatic carboxylic acids is 1. The number of non-ortho nitro benzene ring substituents is 3. The number of nitro benzene ring substituents is 3. The van der Waals surface area contributed by atoms with Crippen molar-refractivity contribution in [3.05, 3.63) is 269 Å². The Morgan fingerprint density at radius 3 is 0.981 bits per heavy atom. The van der Waals surface area contributed by atoms with Gasteiger partial charge in [-0.2, -0.15) is 4.99 Å². The molecule has 0 bridgehead atoms. The molecule has 0 aliphatic carbocycles. The molecule has 0 radical (unpaired) electrons. The number of isocyanates is 1. The van der Waals surface area contributed by atoms with Gasteiger partial charge in [0.05, 0.1) is 48.9 Å². The molecule has 0 aromatic heterocycles. The predicted molar refractivity (Wildman–Crippen MR) is 383 cm³/mol. The van der Waals surface area contributed by atoms with Crippen molar-refractivity contribution in [2.24, 2.45) is 16.5 Å². The zero-order valence-corrected chi connectivity index (χ0v) is 57.1. The number of esters is 4. The number of methoxy groups -OCH3 is 4. The summed E-state index contributed by atoms with van der Waals surface area (Å²) in [5.74, 6) is -4.28. The minimum Gasteiger partial charge on any atom is -0.480 e. The van der Waals surface area contributed by atoms with E-state index < -0.39 is 86.6 Å². The van der Waals surface area contributed by atoms with Gasteiger partial charge >= 0.3 is 29.8 Å². The van der Waals surface area contributed by atoms with Crippen molar-refractivity contribution in [3.63, 3.8) is 0 Å². The number of aliphatic imine (C=N–C) groups is 1. The van der Waals surface area contributed by atoms with Gasteiger partial charge in [0.1, 0.15) is 36.0 Å². The summed E-state index contributed by atoms with van der Waals surface area (Å²) < 4.78 is 23.4. The fraction of sp³-hybridized carbons (Fsp3) is 0.194. The number of carboxylic acid groups (broad SMARTS) is 1. The van der Waals surface area contributed by atoms with E-state index in [0.717, 1.165) is 22.3 Å². The molecular formula is C72H73N13O21. The summed E-state index contributed by atoms with van der Waals surface area (Å²) >= 11 is 0. The second kappa shape index (κ2) is 43.4. The van der Waals surface area contributed by atoms with Crippen molar-refractivity contribution in [3.8, 4) is 12.0 Å². The molecule has 5 unspecified atom stereocenters. The molecule has 5 atom stereocenters. The number of hydrogen-bond donors (Lipinski definition) is 9. The third-order valence-electron chi connectivity index (χ3n) is 14.6. The third-order valence-corrected chi connectivity index (χ3v) is 14.6. The van der Waals surface area contributed by atoms with Crippen LogP contribution in [0.1, 0.15) is 58.9 Å². The number of carbonyl (C=O) groups excluding carboxylic acids is 8. The van der Waals surface area contributed by atoms with Crippen LogP contribution in [-0.2, 0) is 79.8 Å². The standard InChI is InChI=1S/C19H15N3O5.C17H17N3O5.C17H19N3O3.C10H12N2O4.C9H10N2O4/c1-26-19(25)17(10-13-2-8-16(9-3-13)27-11-20)22-18(24)14-4-6-15(7-5-14)21-12-23;1-25-17(22)15(10-11-2-6-13(18)7-3-11)19-16(21)12-4-8-14(9-5-12)20(23)24;1-23-17(22)15(10-11-2-6-13(18)7-3-11)20-16(21)12-4-8-14(19)9-5-12;1-16-10(13)9(11)6-7-2-4-8(5-3-7)12(14)15;10-8(9(12)13)5-6-1-3-7(4-2-6)11(14)15/h2-9,17H,10H2,1H3,(H,22,24);2-9,15H,10,18H2,1H3,(H,19,21);2-9,15H,10,18-19H2,1H3,(H,20,21);2-5,9H,6,11H2,1H3;1-4,8H,5,10H2,(H,12,13). The Balaban J connectivity index is 0.000000285. The first-order chi connectivity index (χ1) is 50.5. The van der Waals surface area contributed by atoms with Crippen molar-refractivity contribution in [1.29, 1.82) is 5.26 Å². The number of ether oxygens (including phenoxy) is 5. The monoisotopic (exact) mass is 1460 g/mol. The number of benzene rings is 8. The van der Waals surface area contributed by atoms with Crippen LogP contribution in [0.5, 0.6) is 5.75 Å². The smallest absolute Gasteiger partial charge is 0.328 e. The number of nitro groups is 3. The molecule has 106 heavy (non-hydrogen) atoms. The van der Waals surface area contributed by atoms with Crippen LogP contribution in [0, 0.1) is 41.9 Å². The van der Waals surface area contributed by atoms with Crippen LogP contribution in [-0.4, -0.2) is 132 Å². The van der Waals surface area contributed by atoms with Crippen molar-refractivity contribution in [2.75, 3.05) is 45.6 Å². The molecule has 34 nitrogen and oxygen atoms in total. The Kier molecular flexibility index (Phi) is 34.4. The van der Waals surface area contributed by atoms with Crippen LogP contribution in [0.25, 0.3) is 0 Å². The molecule has 0 saturated carbocycles. The Labute approximate surface area is 604 Å². The second-order valence-corrected chi connectivity index (χ2v) is 22.1. The van der Waals surface area contributed by atoms with E-state index in [9.17, 15) is 73.5 Å². The topological polar surface area (TPSA) is 552 Å². The molecule has 3 amide bonds. The van der Waals surface area contributed by atoms with E-state index in [1.807, 2.05) is 0 Å². The lowest BCUT2D eigenvalue weighted by Crippen LogP contribution is -2.43. The largest absolute Gasteiger partial charge is 0.480 e. The van der Waals surface area contributed by atoms with Crippen LogP contribution in [0.2, 0.25) is 0 Å². The van der Waals surface area contributed by atoms with Gasteiger partial charge in [0.25, 0.3) is 41.0 Å². The van der Waals surface area contributed by atoms with Crippen molar-refractivity contribution >= 4 is 93.5 Å². The van der Waals surface area contributed by atoms with E-state index in [1.54, 1.807) is 115 Å². The van der Waals surface area contributed by atoms with Crippen LogP contribution < -0.4 is 49.4 Å². The quantitative estimate of drug-likeness (QED) is 0.00421. The number of nitrogens with one attached hydrogen (secondary N) is 3. The van der Waals surface area contributed by atoms with Gasteiger partial charge in [-0.1, -0.05) is 60.7 Å². The summed E-state index contributed by atoms with van der Waals surface area (Å²) in [6, 6.07) is 45.2. The molecule has 8 aromatic rings. The number of carbonyl (C=O) groups is 8. The van der Waals surface area contributed by atoms with Crippen LogP contribution in [0.3, 0.4) is 0 Å². The highest BCUT2D eigenvalue weighted by Crippen LogP contribution is 2.20. The molecule has 0 saturated heterocycles. The maximum Gasteiger partial charge on any atom is 0.328 e. The highest BCUT2D eigenvalue weighted by atomic mass is 16.6. The number of amides is 3. The van der Waals surface area contributed by atoms with E-state index in [0.29, 0.717) is 58.0 Å². The highest BCUT2D eigenvalue weighted by Gasteiger charge is 2.26. The van der Waals surface area contributed by atoms with Crippen LogP contribution in [0.15, 0.2) is 199 Å². The Morgan fingerprint density at radius 2 is 0.689 bits per heavy atom. The molecular weight excluding hydrogens is 1380 g/mol. The van der Waals surface area contributed by atoms with Gasteiger partial charge < -0.3 is 73.4 Å².